The zero-order valence-electron chi connectivity index (χ0n) is 21.2. The van der Waals surface area contributed by atoms with Gasteiger partial charge in [-0.15, -0.1) is 0 Å². The minimum Gasteiger partial charge on any atom is -0.475 e. The van der Waals surface area contributed by atoms with Gasteiger partial charge in [-0.2, -0.15) is 13.2 Å². The van der Waals surface area contributed by atoms with Crippen molar-refractivity contribution >= 4 is 33.5 Å². The van der Waals surface area contributed by atoms with Crippen LogP contribution >= 0.6 is 0 Å². The van der Waals surface area contributed by atoms with Crippen molar-refractivity contribution in [1.82, 2.24) is 10.0 Å². The number of hydrogen-bond donors (Lipinski definition) is 4. The number of sulfonamides is 1. The highest BCUT2D eigenvalue weighted by atomic mass is 32.2. The lowest BCUT2D eigenvalue weighted by Gasteiger charge is -2.30. The summed E-state index contributed by atoms with van der Waals surface area (Å²) in [6, 6.07) is 10.6. The summed E-state index contributed by atoms with van der Waals surface area (Å²) in [5.74, 6) is -4.18. The Morgan fingerprint density at radius 1 is 0.950 bits per heavy atom. The van der Waals surface area contributed by atoms with Crippen LogP contribution in [0.4, 0.5) is 23.2 Å². The van der Waals surface area contributed by atoms with Crippen LogP contribution in [-0.2, 0) is 19.6 Å². The van der Waals surface area contributed by atoms with Crippen molar-refractivity contribution < 1.29 is 45.5 Å². The second kappa shape index (κ2) is 13.2. The number of alkyl halides is 3. The van der Waals surface area contributed by atoms with E-state index >= 15 is 0 Å². The van der Waals surface area contributed by atoms with Crippen molar-refractivity contribution in [2.75, 3.05) is 11.9 Å². The highest BCUT2D eigenvalue weighted by Crippen LogP contribution is 2.36. The first-order chi connectivity index (χ1) is 18.8. The maximum absolute atomic E-state index is 14.7. The standard InChI is InChI=1S/C24H28FN3O4S.C2HF3O2/c25-21-15-17(27-24(30)22-19(13-14-26-22)16-7-3-1-4-8-16)11-12-20(21)23(29)28-33(31,32)18-9-5-2-6-10-18;3-2(4,5)1(6)7/h2,5-6,9-12,15-16,19,22,26H,1,3-4,7-8,13-14H2,(H,27,30)(H,28,29);(H,6,7)/t19-,22-;/m0./s1. The average molecular weight is 588 g/mol. The fraction of sp³-hybridized carbons (Fsp3) is 0.423. The lowest BCUT2D eigenvalue weighted by Crippen LogP contribution is -2.42. The third kappa shape index (κ3) is 8.24. The van der Waals surface area contributed by atoms with Crippen LogP contribution < -0.4 is 15.4 Å². The van der Waals surface area contributed by atoms with Gasteiger partial charge in [-0.1, -0.05) is 50.3 Å². The van der Waals surface area contributed by atoms with E-state index in [2.05, 4.69) is 10.6 Å². The quantitative estimate of drug-likeness (QED) is 0.373. The number of carboxylic acid groups (broad SMARTS) is 1. The predicted molar refractivity (Wildman–Crippen MR) is 136 cm³/mol. The van der Waals surface area contributed by atoms with Gasteiger partial charge in [-0.05, 0) is 55.1 Å². The Kier molecular flexibility index (Phi) is 10.3. The zero-order chi connectivity index (χ0) is 29.5. The number of benzene rings is 2. The van der Waals surface area contributed by atoms with Crippen molar-refractivity contribution in [3.8, 4) is 0 Å². The Morgan fingerprint density at radius 3 is 2.15 bits per heavy atom. The molecule has 0 spiro atoms. The van der Waals surface area contributed by atoms with Gasteiger partial charge in [0.2, 0.25) is 5.91 Å². The summed E-state index contributed by atoms with van der Waals surface area (Å²) in [4.78, 5) is 34.1. The molecular weight excluding hydrogens is 558 g/mol. The second-order valence-electron chi connectivity index (χ2n) is 9.52. The highest BCUT2D eigenvalue weighted by Gasteiger charge is 2.39. The molecule has 14 heteroatoms. The van der Waals surface area contributed by atoms with Gasteiger partial charge in [-0.25, -0.2) is 22.3 Å². The molecule has 1 aliphatic heterocycles. The van der Waals surface area contributed by atoms with E-state index in [1.54, 1.807) is 6.07 Å². The van der Waals surface area contributed by atoms with E-state index in [0.717, 1.165) is 31.9 Å². The Morgan fingerprint density at radius 2 is 1.57 bits per heavy atom. The molecule has 4 rings (SSSR count). The van der Waals surface area contributed by atoms with E-state index in [4.69, 9.17) is 9.90 Å². The largest absolute Gasteiger partial charge is 0.490 e. The number of anilines is 1. The van der Waals surface area contributed by atoms with E-state index in [0.29, 0.717) is 5.92 Å². The molecule has 1 heterocycles. The Labute approximate surface area is 228 Å². The summed E-state index contributed by atoms with van der Waals surface area (Å²) in [6.07, 6.45) is 1.79. The number of rotatable bonds is 6. The molecule has 2 atom stereocenters. The second-order valence-corrected chi connectivity index (χ2v) is 11.2. The molecule has 1 aliphatic carbocycles. The van der Waals surface area contributed by atoms with Crippen LogP contribution in [0.5, 0.6) is 0 Å². The molecule has 0 bridgehead atoms. The summed E-state index contributed by atoms with van der Waals surface area (Å²) in [5, 5.41) is 13.1. The van der Waals surface area contributed by atoms with Crippen LogP contribution in [0.3, 0.4) is 0 Å². The summed E-state index contributed by atoms with van der Waals surface area (Å²) in [5.41, 5.74) is -0.206. The zero-order valence-corrected chi connectivity index (χ0v) is 22.0. The smallest absolute Gasteiger partial charge is 0.475 e. The fourth-order valence-electron chi connectivity index (χ4n) is 4.91. The highest BCUT2D eigenvalue weighted by molar-refractivity contribution is 7.90. The third-order valence-electron chi connectivity index (χ3n) is 6.81. The van der Waals surface area contributed by atoms with Crippen molar-refractivity contribution in [2.24, 2.45) is 11.8 Å². The molecule has 9 nitrogen and oxygen atoms in total. The number of carbonyl (C=O) groups is 3. The molecule has 0 unspecified atom stereocenters. The monoisotopic (exact) mass is 587 g/mol. The molecule has 1 saturated heterocycles. The molecule has 1 saturated carbocycles. The van der Waals surface area contributed by atoms with E-state index in [-0.39, 0.29) is 28.4 Å². The van der Waals surface area contributed by atoms with E-state index in [1.165, 1.54) is 55.7 Å². The van der Waals surface area contributed by atoms with Crippen molar-refractivity contribution in [3.63, 3.8) is 0 Å². The van der Waals surface area contributed by atoms with Gasteiger partial charge in [-0.3, -0.25) is 9.59 Å². The maximum atomic E-state index is 14.7. The minimum absolute atomic E-state index is 0.0979. The van der Waals surface area contributed by atoms with E-state index in [9.17, 15) is 35.6 Å². The topological polar surface area (TPSA) is 142 Å². The molecule has 2 aromatic carbocycles. The molecule has 2 aliphatic rings. The van der Waals surface area contributed by atoms with Crippen LogP contribution in [-0.4, -0.2) is 50.1 Å². The Bertz CT molecular complexity index is 1320. The normalized spacial score (nSPS) is 19.7. The van der Waals surface area contributed by atoms with Crippen LogP contribution in [0.1, 0.15) is 48.9 Å². The predicted octanol–water partition coefficient (Wildman–Crippen LogP) is 4.07. The van der Waals surface area contributed by atoms with Crippen LogP contribution in [0.15, 0.2) is 53.4 Å². The van der Waals surface area contributed by atoms with Crippen LogP contribution in [0.2, 0.25) is 0 Å². The Balaban J connectivity index is 0.000000559. The first-order valence-electron chi connectivity index (χ1n) is 12.6. The van der Waals surface area contributed by atoms with Gasteiger partial charge in [0.05, 0.1) is 16.5 Å². The maximum Gasteiger partial charge on any atom is 0.490 e. The lowest BCUT2D eigenvalue weighted by atomic mass is 9.76. The lowest BCUT2D eigenvalue weighted by molar-refractivity contribution is -0.192. The summed E-state index contributed by atoms with van der Waals surface area (Å²) >= 11 is 0. The number of aliphatic carboxylic acids is 1. The van der Waals surface area contributed by atoms with E-state index in [1.807, 2.05) is 4.72 Å². The van der Waals surface area contributed by atoms with Gasteiger partial charge in [0.15, 0.2) is 0 Å². The molecule has 40 heavy (non-hydrogen) atoms. The van der Waals surface area contributed by atoms with Gasteiger partial charge < -0.3 is 15.7 Å². The number of hydrogen-bond acceptors (Lipinski definition) is 6. The van der Waals surface area contributed by atoms with Crippen LogP contribution in [0, 0.1) is 17.7 Å². The summed E-state index contributed by atoms with van der Waals surface area (Å²) < 4.78 is 72.9. The molecule has 2 fully saturated rings. The van der Waals surface area contributed by atoms with Gasteiger partial charge in [0.25, 0.3) is 15.9 Å². The van der Waals surface area contributed by atoms with Gasteiger partial charge in [0, 0.05) is 5.69 Å². The molecule has 4 N–H and O–H groups in total. The molecule has 0 radical (unpaired) electrons. The average Bonchev–Trinajstić information content (AvgIpc) is 3.40. The van der Waals surface area contributed by atoms with Crippen LogP contribution in [0.25, 0.3) is 0 Å². The Hall–Kier alpha value is -3.52. The molecular formula is C26H29F4N3O6S. The number of nitrogens with one attached hydrogen (secondary N) is 3. The van der Waals surface area contributed by atoms with E-state index < -0.39 is 39.5 Å². The van der Waals surface area contributed by atoms with Crippen molar-refractivity contribution in [3.05, 3.63) is 59.9 Å². The number of halogens is 4. The molecule has 0 aromatic heterocycles. The summed E-state index contributed by atoms with van der Waals surface area (Å²) in [6.45, 7) is 0.780. The number of amides is 2. The first kappa shape index (κ1) is 31.0. The molecule has 218 valence electrons. The number of carbonyl (C=O) groups excluding carboxylic acids is 2. The van der Waals surface area contributed by atoms with Crippen molar-refractivity contribution in [1.29, 1.82) is 0 Å². The molecule has 2 amide bonds. The fourth-order valence-corrected chi connectivity index (χ4v) is 5.90. The number of carboxylic acids is 1. The van der Waals surface area contributed by atoms with Gasteiger partial charge >= 0.3 is 12.1 Å². The minimum atomic E-state index is -5.08. The van der Waals surface area contributed by atoms with Gasteiger partial charge in [0.1, 0.15) is 5.82 Å². The molecule has 2 aromatic rings. The third-order valence-corrected chi connectivity index (χ3v) is 8.16. The SMILES string of the molecule is O=C(NS(=O)(=O)c1ccccc1)c1ccc(NC(=O)[C@H]2NCC[C@H]2C2CCCCC2)cc1F.O=C(O)C(F)(F)F. The first-order valence-corrected chi connectivity index (χ1v) is 14.0. The summed E-state index contributed by atoms with van der Waals surface area (Å²) in [7, 11) is -4.13. The van der Waals surface area contributed by atoms with Crippen molar-refractivity contribution in [2.45, 2.75) is 55.6 Å².